The van der Waals surface area contributed by atoms with Crippen molar-refractivity contribution in [3.63, 3.8) is 0 Å². The first-order valence-electron chi connectivity index (χ1n) is 6.60. The number of aromatic nitrogens is 3. The predicted molar refractivity (Wildman–Crippen MR) is 74.6 cm³/mol. The molecule has 0 aliphatic rings. The number of nitrogens with zero attached hydrogens (tertiary/aromatic N) is 3. The average molecular weight is 260 g/mol. The summed E-state index contributed by atoms with van der Waals surface area (Å²) >= 11 is 0. The summed E-state index contributed by atoms with van der Waals surface area (Å²) < 4.78 is 7.30. The lowest BCUT2D eigenvalue weighted by Crippen LogP contribution is -2.24. The van der Waals surface area contributed by atoms with Crippen molar-refractivity contribution < 1.29 is 4.74 Å². The van der Waals surface area contributed by atoms with Gasteiger partial charge in [-0.1, -0.05) is 32.0 Å². The van der Waals surface area contributed by atoms with Gasteiger partial charge < -0.3 is 10.1 Å². The Morgan fingerprint density at radius 2 is 2.11 bits per heavy atom. The van der Waals surface area contributed by atoms with Crippen LogP contribution in [0.3, 0.4) is 0 Å². The molecule has 102 valence electrons. The van der Waals surface area contributed by atoms with E-state index in [4.69, 9.17) is 4.74 Å². The fraction of sp³-hybridized carbons (Fsp3) is 0.429. The van der Waals surface area contributed by atoms with Crippen molar-refractivity contribution in [1.29, 1.82) is 0 Å². The monoisotopic (exact) mass is 260 g/mol. The first-order valence-corrected chi connectivity index (χ1v) is 6.60. The number of hydrogen-bond acceptors (Lipinski definition) is 4. The molecule has 5 heteroatoms. The number of hydrogen-bond donors (Lipinski definition) is 1. The first kappa shape index (κ1) is 13.5. The van der Waals surface area contributed by atoms with E-state index >= 15 is 0 Å². The lowest BCUT2D eigenvalue weighted by molar-refractivity contribution is 0.238. The van der Waals surface area contributed by atoms with Crippen LogP contribution in [0.25, 0.3) is 5.69 Å². The number of rotatable bonds is 7. The Morgan fingerprint density at radius 3 is 2.84 bits per heavy atom. The molecule has 5 nitrogen and oxygen atoms in total. The van der Waals surface area contributed by atoms with E-state index in [2.05, 4.69) is 29.2 Å². The lowest BCUT2D eigenvalue weighted by atomic mass is 10.2. The summed E-state index contributed by atoms with van der Waals surface area (Å²) in [5.41, 5.74) is 0.977. The van der Waals surface area contributed by atoms with Gasteiger partial charge in [0.05, 0.1) is 12.3 Å². The van der Waals surface area contributed by atoms with Gasteiger partial charge in [0.1, 0.15) is 6.33 Å². The summed E-state index contributed by atoms with van der Waals surface area (Å²) in [6.45, 7) is 6.76. The molecule has 2 rings (SSSR count). The summed E-state index contributed by atoms with van der Waals surface area (Å²) in [7, 11) is 0. The molecule has 0 aliphatic carbocycles. The average Bonchev–Trinajstić information content (AvgIpc) is 2.93. The maximum atomic E-state index is 5.58. The third kappa shape index (κ3) is 4.06. The van der Waals surface area contributed by atoms with Gasteiger partial charge in [0.2, 0.25) is 0 Å². The maximum absolute atomic E-state index is 5.58. The van der Waals surface area contributed by atoms with E-state index in [9.17, 15) is 0 Å². The number of benzene rings is 1. The molecule has 0 aliphatic heterocycles. The number of nitrogens with one attached hydrogen (secondary N) is 1. The Bertz CT molecular complexity index is 483. The molecule has 1 unspecified atom stereocenters. The van der Waals surface area contributed by atoms with Gasteiger partial charge in [0.25, 0.3) is 0 Å². The molecule has 0 radical (unpaired) electrons. The standard InChI is InChI=1S/C14H20N4O/c1-3-15-9-12(2)10-19-14-16-11-18(17-14)13-7-5-4-6-8-13/h4-8,11-12,15H,3,9-10H2,1-2H3. The van der Waals surface area contributed by atoms with Crippen molar-refractivity contribution in [3.8, 4) is 11.7 Å². The molecule has 1 heterocycles. The molecule has 2 aromatic rings. The highest BCUT2D eigenvalue weighted by molar-refractivity contribution is 5.29. The third-order valence-electron chi connectivity index (χ3n) is 2.73. The van der Waals surface area contributed by atoms with E-state index in [0.29, 0.717) is 18.5 Å². The van der Waals surface area contributed by atoms with Gasteiger partial charge in [0, 0.05) is 12.5 Å². The smallest absolute Gasteiger partial charge is 0.335 e. The molecule has 0 spiro atoms. The van der Waals surface area contributed by atoms with Crippen molar-refractivity contribution >= 4 is 0 Å². The second kappa shape index (κ2) is 6.89. The van der Waals surface area contributed by atoms with E-state index in [0.717, 1.165) is 18.8 Å². The van der Waals surface area contributed by atoms with Gasteiger partial charge in [-0.05, 0) is 18.7 Å². The topological polar surface area (TPSA) is 52.0 Å². The zero-order valence-electron chi connectivity index (χ0n) is 11.4. The van der Waals surface area contributed by atoms with Gasteiger partial charge in [-0.25, -0.2) is 4.68 Å². The van der Waals surface area contributed by atoms with Crippen molar-refractivity contribution in [2.75, 3.05) is 19.7 Å². The van der Waals surface area contributed by atoms with Crippen LogP contribution in [0, 0.1) is 5.92 Å². The van der Waals surface area contributed by atoms with Gasteiger partial charge in [-0.15, -0.1) is 5.10 Å². The minimum Gasteiger partial charge on any atom is -0.462 e. The quantitative estimate of drug-likeness (QED) is 0.826. The van der Waals surface area contributed by atoms with Crippen LogP contribution in [0.4, 0.5) is 0 Å². The van der Waals surface area contributed by atoms with Crippen LogP contribution in [-0.2, 0) is 0 Å². The lowest BCUT2D eigenvalue weighted by Gasteiger charge is -2.10. The van der Waals surface area contributed by atoms with Crippen LogP contribution >= 0.6 is 0 Å². The van der Waals surface area contributed by atoms with Gasteiger partial charge in [0.15, 0.2) is 0 Å². The van der Waals surface area contributed by atoms with Gasteiger partial charge in [-0.2, -0.15) is 4.98 Å². The second-order valence-corrected chi connectivity index (χ2v) is 4.53. The summed E-state index contributed by atoms with van der Waals surface area (Å²) in [5, 5.41) is 7.58. The Hall–Kier alpha value is -1.88. The molecular formula is C14H20N4O. The highest BCUT2D eigenvalue weighted by atomic mass is 16.5. The molecule has 0 bridgehead atoms. The molecule has 0 fully saturated rings. The van der Waals surface area contributed by atoms with E-state index in [1.165, 1.54) is 0 Å². The minimum absolute atomic E-state index is 0.423. The van der Waals surface area contributed by atoms with E-state index in [1.54, 1.807) is 11.0 Å². The summed E-state index contributed by atoms with van der Waals surface area (Å²) in [6.07, 6.45) is 1.67. The summed E-state index contributed by atoms with van der Waals surface area (Å²) in [5.74, 6) is 0.434. The van der Waals surface area contributed by atoms with Crippen molar-refractivity contribution in [1.82, 2.24) is 20.1 Å². The fourth-order valence-electron chi connectivity index (χ4n) is 1.69. The van der Waals surface area contributed by atoms with E-state index in [1.807, 2.05) is 30.3 Å². The SMILES string of the molecule is CCNCC(C)COc1ncn(-c2ccccc2)n1. The molecule has 1 atom stereocenters. The normalized spacial score (nSPS) is 12.3. The molecule has 0 saturated heterocycles. The van der Waals surface area contributed by atoms with Crippen LogP contribution in [0.5, 0.6) is 6.01 Å². The molecule has 0 amide bonds. The zero-order chi connectivity index (χ0) is 13.5. The molecule has 1 aromatic carbocycles. The van der Waals surface area contributed by atoms with Crippen molar-refractivity contribution in [2.45, 2.75) is 13.8 Å². The van der Waals surface area contributed by atoms with Crippen LogP contribution < -0.4 is 10.1 Å². The molecule has 19 heavy (non-hydrogen) atoms. The third-order valence-corrected chi connectivity index (χ3v) is 2.73. The Balaban J connectivity index is 1.88. The molecule has 1 N–H and O–H groups in total. The van der Waals surface area contributed by atoms with Gasteiger partial charge in [-0.3, -0.25) is 0 Å². The van der Waals surface area contributed by atoms with Crippen LogP contribution in [0.1, 0.15) is 13.8 Å². The molecule has 1 aromatic heterocycles. The highest BCUT2D eigenvalue weighted by Gasteiger charge is 2.06. The zero-order valence-corrected chi connectivity index (χ0v) is 11.4. The van der Waals surface area contributed by atoms with Crippen LogP contribution in [-0.4, -0.2) is 34.5 Å². The Labute approximate surface area is 113 Å². The summed E-state index contributed by atoms with van der Waals surface area (Å²) in [4.78, 5) is 4.15. The molecule has 0 saturated carbocycles. The van der Waals surface area contributed by atoms with Crippen LogP contribution in [0.2, 0.25) is 0 Å². The minimum atomic E-state index is 0.423. The largest absolute Gasteiger partial charge is 0.462 e. The highest BCUT2D eigenvalue weighted by Crippen LogP contribution is 2.08. The Morgan fingerprint density at radius 1 is 1.32 bits per heavy atom. The predicted octanol–water partition coefficient (Wildman–Crippen LogP) is 1.89. The fourth-order valence-corrected chi connectivity index (χ4v) is 1.69. The maximum Gasteiger partial charge on any atom is 0.335 e. The molecular weight excluding hydrogens is 240 g/mol. The second-order valence-electron chi connectivity index (χ2n) is 4.53. The van der Waals surface area contributed by atoms with Gasteiger partial charge >= 0.3 is 6.01 Å². The summed E-state index contributed by atoms with van der Waals surface area (Å²) in [6, 6.07) is 10.3. The van der Waals surface area contributed by atoms with E-state index in [-0.39, 0.29) is 0 Å². The number of ether oxygens (including phenoxy) is 1. The number of para-hydroxylation sites is 1. The first-order chi connectivity index (χ1) is 9.29. The van der Waals surface area contributed by atoms with E-state index < -0.39 is 0 Å². The Kier molecular flexibility index (Phi) is 4.92. The van der Waals surface area contributed by atoms with Crippen LogP contribution in [0.15, 0.2) is 36.7 Å². The van der Waals surface area contributed by atoms with Crippen molar-refractivity contribution in [3.05, 3.63) is 36.7 Å². The van der Waals surface area contributed by atoms with Crippen molar-refractivity contribution in [2.24, 2.45) is 5.92 Å².